The second-order valence-corrected chi connectivity index (χ2v) is 5.09. The Bertz CT molecular complexity index is 621. The first-order chi connectivity index (χ1) is 9.33. The van der Waals surface area contributed by atoms with Crippen molar-refractivity contribution in [1.29, 1.82) is 0 Å². The second kappa shape index (κ2) is 6.88. The molecule has 108 valence electrons. The van der Waals surface area contributed by atoms with Gasteiger partial charge >= 0.3 is 5.63 Å². The number of quaternary nitrogens is 1. The molecule has 1 aromatic carbocycles. The first kappa shape index (κ1) is 15.0. The van der Waals surface area contributed by atoms with Gasteiger partial charge in [0.05, 0.1) is 24.7 Å². The number of rotatable bonds is 3. The third kappa shape index (κ3) is 3.39. The third-order valence-corrected chi connectivity index (χ3v) is 3.77. The van der Waals surface area contributed by atoms with Gasteiger partial charge in [-0.05, 0) is 29.5 Å². The molecule has 0 bridgehead atoms. The molecule has 2 N–H and O–H groups in total. The van der Waals surface area contributed by atoms with Crippen LogP contribution in [0.5, 0.6) is 0 Å². The molecule has 0 aliphatic carbocycles. The van der Waals surface area contributed by atoms with Crippen LogP contribution >= 0.6 is 0 Å². The van der Waals surface area contributed by atoms with Crippen LogP contribution in [0, 0.1) is 0 Å². The van der Waals surface area contributed by atoms with Crippen molar-refractivity contribution in [1.82, 2.24) is 4.90 Å². The van der Waals surface area contributed by atoms with Crippen molar-refractivity contribution in [3.63, 3.8) is 0 Å². The molecule has 1 aliphatic heterocycles. The van der Waals surface area contributed by atoms with Crippen molar-refractivity contribution in [2.24, 2.45) is 0 Å². The highest BCUT2D eigenvalue weighted by Crippen LogP contribution is 2.13. The first-order valence-electron chi connectivity index (χ1n) is 6.87. The molecule has 1 fully saturated rings. The molecule has 0 spiro atoms. The summed E-state index contributed by atoms with van der Waals surface area (Å²) in [6.45, 7) is 5.87. The van der Waals surface area contributed by atoms with E-state index in [1.54, 1.807) is 0 Å². The van der Waals surface area contributed by atoms with E-state index >= 15 is 0 Å². The van der Waals surface area contributed by atoms with E-state index in [0.29, 0.717) is 5.39 Å². The second-order valence-electron chi connectivity index (χ2n) is 5.09. The fourth-order valence-corrected chi connectivity index (χ4v) is 2.64. The predicted octanol–water partition coefficient (Wildman–Crippen LogP) is -2.78. The molecule has 0 amide bonds. The Morgan fingerprint density at radius 2 is 2.00 bits per heavy atom. The van der Waals surface area contributed by atoms with Crippen molar-refractivity contribution in [2.75, 3.05) is 32.7 Å². The van der Waals surface area contributed by atoms with E-state index in [2.05, 4.69) is 16.3 Å². The molecule has 0 saturated carbocycles. The quantitative estimate of drug-likeness (QED) is 0.666. The first-order valence-corrected chi connectivity index (χ1v) is 6.87. The number of hydrogen-bond donors (Lipinski definition) is 1. The van der Waals surface area contributed by atoms with Crippen LogP contribution in [0.4, 0.5) is 0 Å². The monoisotopic (exact) mass is 294 g/mol. The van der Waals surface area contributed by atoms with Gasteiger partial charge in [0.2, 0.25) is 0 Å². The van der Waals surface area contributed by atoms with Gasteiger partial charge in [0, 0.05) is 19.6 Å². The van der Waals surface area contributed by atoms with Gasteiger partial charge in [-0.2, -0.15) is 0 Å². The SMILES string of the molecule is O=c1occc2cc(CCN3CC[NH2+]CC3)ccc12.[Cl-]. The molecule has 1 saturated heterocycles. The van der Waals surface area contributed by atoms with E-state index in [4.69, 9.17) is 4.42 Å². The van der Waals surface area contributed by atoms with Crippen molar-refractivity contribution < 1.29 is 22.1 Å². The number of piperazine rings is 1. The molecule has 0 atom stereocenters. The summed E-state index contributed by atoms with van der Waals surface area (Å²) in [5.41, 5.74) is 1.03. The van der Waals surface area contributed by atoms with E-state index in [1.807, 2.05) is 18.2 Å². The average molecular weight is 295 g/mol. The summed E-state index contributed by atoms with van der Waals surface area (Å²) < 4.78 is 4.87. The Labute approximate surface area is 124 Å². The zero-order chi connectivity index (χ0) is 13.1. The lowest BCUT2D eigenvalue weighted by molar-refractivity contribution is -0.663. The summed E-state index contributed by atoms with van der Waals surface area (Å²) in [5, 5.41) is 4.01. The predicted molar refractivity (Wildman–Crippen MR) is 74.3 cm³/mol. The van der Waals surface area contributed by atoms with Crippen LogP contribution in [0.1, 0.15) is 5.56 Å². The highest BCUT2D eigenvalue weighted by atomic mass is 35.5. The van der Waals surface area contributed by atoms with E-state index in [0.717, 1.165) is 18.4 Å². The lowest BCUT2D eigenvalue weighted by Gasteiger charge is -2.24. The minimum absolute atomic E-state index is 0. The molecule has 3 rings (SSSR count). The minimum Gasteiger partial charge on any atom is -1.00 e. The Morgan fingerprint density at radius 3 is 2.80 bits per heavy atom. The molecule has 2 aromatic rings. The number of benzene rings is 1. The standard InChI is InChI=1S/C15H18N2O2.ClH/c18-15-14-2-1-12(11-13(14)4-10-19-15)3-7-17-8-5-16-6-9-17;/h1-2,4,10-11,16H,3,5-9H2;1H. The number of nitrogens with two attached hydrogens (primary N) is 1. The fraction of sp³-hybridized carbons (Fsp3) is 0.400. The number of hydrogen-bond acceptors (Lipinski definition) is 3. The topological polar surface area (TPSA) is 50.1 Å². The van der Waals surface area contributed by atoms with Gasteiger partial charge in [0.25, 0.3) is 0 Å². The maximum Gasteiger partial charge on any atom is 0.343 e. The number of halogens is 1. The molecule has 0 radical (unpaired) electrons. The Balaban J connectivity index is 0.00000147. The van der Waals surface area contributed by atoms with Crippen LogP contribution in [-0.2, 0) is 6.42 Å². The van der Waals surface area contributed by atoms with Gasteiger partial charge in [0.1, 0.15) is 0 Å². The fourth-order valence-electron chi connectivity index (χ4n) is 2.64. The van der Waals surface area contributed by atoms with Gasteiger partial charge in [-0.25, -0.2) is 4.79 Å². The molecule has 20 heavy (non-hydrogen) atoms. The van der Waals surface area contributed by atoms with Crippen molar-refractivity contribution in [3.05, 3.63) is 46.5 Å². The Kier molecular flexibility index (Phi) is 5.17. The smallest absolute Gasteiger partial charge is 0.343 e. The lowest BCUT2D eigenvalue weighted by atomic mass is 10.1. The number of fused-ring (bicyclic) bond motifs is 1. The van der Waals surface area contributed by atoms with Crippen molar-refractivity contribution in [2.45, 2.75) is 6.42 Å². The van der Waals surface area contributed by atoms with Crippen molar-refractivity contribution in [3.8, 4) is 0 Å². The molecule has 1 aromatic heterocycles. The molecular formula is C15H19ClN2O2. The van der Waals surface area contributed by atoms with Gasteiger partial charge in [-0.3, -0.25) is 4.90 Å². The van der Waals surface area contributed by atoms with Crippen LogP contribution in [0.3, 0.4) is 0 Å². The average Bonchev–Trinajstić information content (AvgIpc) is 2.46. The van der Waals surface area contributed by atoms with Crippen LogP contribution in [0.25, 0.3) is 10.8 Å². The lowest BCUT2D eigenvalue weighted by Crippen LogP contribution is -3.00. The van der Waals surface area contributed by atoms with Crippen LogP contribution in [0.15, 0.2) is 39.7 Å². The third-order valence-electron chi connectivity index (χ3n) is 3.77. The zero-order valence-corrected chi connectivity index (χ0v) is 12.1. The van der Waals surface area contributed by atoms with Gasteiger partial charge < -0.3 is 22.1 Å². The summed E-state index contributed by atoms with van der Waals surface area (Å²) in [7, 11) is 0. The van der Waals surface area contributed by atoms with Gasteiger partial charge in [-0.1, -0.05) is 12.1 Å². The van der Waals surface area contributed by atoms with Gasteiger partial charge in [-0.15, -0.1) is 0 Å². The summed E-state index contributed by atoms with van der Waals surface area (Å²) in [6, 6.07) is 7.87. The van der Waals surface area contributed by atoms with E-state index in [-0.39, 0.29) is 18.0 Å². The highest BCUT2D eigenvalue weighted by Gasteiger charge is 2.11. The van der Waals surface area contributed by atoms with Crippen LogP contribution in [-0.4, -0.2) is 37.6 Å². The number of nitrogens with zero attached hydrogens (tertiary/aromatic N) is 1. The van der Waals surface area contributed by atoms with E-state index in [1.165, 1.54) is 38.0 Å². The maximum absolute atomic E-state index is 11.5. The maximum atomic E-state index is 11.5. The highest BCUT2D eigenvalue weighted by molar-refractivity contribution is 5.81. The molecular weight excluding hydrogens is 276 g/mol. The summed E-state index contributed by atoms with van der Waals surface area (Å²) in [6.07, 6.45) is 2.51. The normalized spacial score (nSPS) is 16.0. The molecule has 2 heterocycles. The Hall–Kier alpha value is -1.36. The minimum atomic E-state index is -0.254. The zero-order valence-electron chi connectivity index (χ0n) is 11.3. The van der Waals surface area contributed by atoms with Gasteiger partial charge in [0.15, 0.2) is 0 Å². The van der Waals surface area contributed by atoms with Crippen LogP contribution < -0.4 is 23.3 Å². The largest absolute Gasteiger partial charge is 1.00 e. The summed E-state index contributed by atoms with van der Waals surface area (Å²) >= 11 is 0. The molecule has 0 unspecified atom stereocenters. The van der Waals surface area contributed by atoms with Crippen molar-refractivity contribution >= 4 is 10.8 Å². The summed E-state index contributed by atoms with van der Waals surface area (Å²) in [5.74, 6) is 0. The van der Waals surface area contributed by atoms with Crippen LogP contribution in [0.2, 0.25) is 0 Å². The summed E-state index contributed by atoms with van der Waals surface area (Å²) in [4.78, 5) is 14.0. The molecule has 5 heteroatoms. The Morgan fingerprint density at radius 1 is 1.20 bits per heavy atom. The van der Waals surface area contributed by atoms with E-state index < -0.39 is 0 Å². The molecule has 4 nitrogen and oxygen atoms in total. The van der Waals surface area contributed by atoms with E-state index in [9.17, 15) is 4.79 Å². The molecule has 1 aliphatic rings.